The molecule has 0 unspecified atom stereocenters. The van der Waals surface area contributed by atoms with Crippen LogP contribution in [0.25, 0.3) is 5.57 Å². The number of rotatable bonds is 5. The van der Waals surface area contributed by atoms with Crippen molar-refractivity contribution in [1.82, 2.24) is 20.2 Å². The van der Waals surface area contributed by atoms with E-state index in [0.29, 0.717) is 0 Å². The van der Waals surface area contributed by atoms with Gasteiger partial charge >= 0.3 is 0 Å². The van der Waals surface area contributed by atoms with E-state index in [1.165, 1.54) is 11.1 Å². The first-order chi connectivity index (χ1) is 10.2. The number of nitrogens with zero attached hydrogens (tertiary/aromatic N) is 3. The second-order valence-corrected chi connectivity index (χ2v) is 5.06. The Kier molecular flexibility index (Phi) is 4.98. The zero-order valence-corrected chi connectivity index (χ0v) is 13.0. The van der Waals surface area contributed by atoms with Crippen molar-refractivity contribution >= 4 is 11.4 Å². The Hall–Kier alpha value is -2.30. The number of hydrogen-bond acceptors (Lipinski definition) is 5. The van der Waals surface area contributed by atoms with Crippen molar-refractivity contribution in [3.8, 4) is 0 Å². The molecule has 2 heterocycles. The Labute approximate surface area is 126 Å². The molecule has 0 bridgehead atoms. The first-order valence-corrected chi connectivity index (χ1v) is 7.16. The van der Waals surface area contributed by atoms with Crippen LogP contribution in [-0.2, 0) is 0 Å². The quantitative estimate of drug-likeness (QED) is 0.871. The highest BCUT2D eigenvalue weighted by molar-refractivity contribution is 5.68. The SMILES string of the molecule is C=C(N/C=C\C)N1CCC(C)=C(c2cnc(NC)cn2)C1. The van der Waals surface area contributed by atoms with Gasteiger partial charge in [-0.3, -0.25) is 4.98 Å². The lowest BCUT2D eigenvalue weighted by Crippen LogP contribution is -2.34. The van der Waals surface area contributed by atoms with Crippen LogP contribution in [0.1, 0.15) is 26.0 Å². The van der Waals surface area contributed by atoms with Crippen molar-refractivity contribution in [3.05, 3.63) is 48.3 Å². The molecule has 0 aliphatic carbocycles. The summed E-state index contributed by atoms with van der Waals surface area (Å²) in [6, 6.07) is 0. The largest absolute Gasteiger partial charge is 0.372 e. The van der Waals surface area contributed by atoms with Crippen LogP contribution in [0.3, 0.4) is 0 Å². The second kappa shape index (κ2) is 6.92. The summed E-state index contributed by atoms with van der Waals surface area (Å²) in [5, 5.41) is 6.18. The molecule has 0 amide bonds. The highest BCUT2D eigenvalue weighted by Gasteiger charge is 2.19. The van der Waals surface area contributed by atoms with Gasteiger partial charge in [-0.05, 0) is 32.0 Å². The van der Waals surface area contributed by atoms with E-state index in [2.05, 4.69) is 39.0 Å². The molecule has 21 heavy (non-hydrogen) atoms. The molecule has 0 fully saturated rings. The molecule has 2 rings (SSSR count). The van der Waals surface area contributed by atoms with Gasteiger partial charge in [-0.2, -0.15) is 0 Å². The Morgan fingerprint density at radius 1 is 1.38 bits per heavy atom. The number of anilines is 1. The summed E-state index contributed by atoms with van der Waals surface area (Å²) >= 11 is 0. The molecule has 1 aliphatic heterocycles. The summed E-state index contributed by atoms with van der Waals surface area (Å²) in [7, 11) is 1.84. The predicted octanol–water partition coefficient (Wildman–Crippen LogP) is 2.59. The molecule has 0 saturated carbocycles. The van der Waals surface area contributed by atoms with Gasteiger partial charge in [-0.1, -0.05) is 18.2 Å². The molecule has 1 aliphatic rings. The topological polar surface area (TPSA) is 53.1 Å². The lowest BCUT2D eigenvalue weighted by molar-refractivity contribution is 0.359. The third kappa shape index (κ3) is 3.62. The van der Waals surface area contributed by atoms with Gasteiger partial charge in [0.15, 0.2) is 0 Å². The third-order valence-corrected chi connectivity index (χ3v) is 3.64. The Balaban J connectivity index is 2.15. The van der Waals surface area contributed by atoms with Crippen molar-refractivity contribution in [2.45, 2.75) is 20.3 Å². The van der Waals surface area contributed by atoms with E-state index < -0.39 is 0 Å². The number of hydrogen-bond donors (Lipinski definition) is 2. The highest BCUT2D eigenvalue weighted by atomic mass is 15.2. The molecule has 0 spiro atoms. The first-order valence-electron chi connectivity index (χ1n) is 7.16. The summed E-state index contributed by atoms with van der Waals surface area (Å²) in [6.45, 7) is 10.0. The van der Waals surface area contributed by atoms with Crippen molar-refractivity contribution < 1.29 is 0 Å². The van der Waals surface area contributed by atoms with Crippen LogP contribution in [0.4, 0.5) is 5.82 Å². The minimum Gasteiger partial charge on any atom is -0.372 e. The fourth-order valence-electron chi connectivity index (χ4n) is 2.27. The van der Waals surface area contributed by atoms with Crippen molar-refractivity contribution in [3.63, 3.8) is 0 Å². The molecule has 0 radical (unpaired) electrons. The minimum atomic E-state index is 0.781. The monoisotopic (exact) mass is 285 g/mol. The summed E-state index contributed by atoms with van der Waals surface area (Å²) in [5.74, 6) is 1.70. The standard InChI is InChI=1S/C16H23N5/c1-5-7-18-13(3)21-8-6-12(2)14(11-21)15-9-20-16(17-4)10-19-15/h5,7,9-10,18H,3,6,8,11H2,1-2,4H3,(H,17,20)/b7-5-. The highest BCUT2D eigenvalue weighted by Crippen LogP contribution is 2.26. The van der Waals surface area contributed by atoms with Crippen LogP contribution < -0.4 is 10.6 Å². The average molecular weight is 285 g/mol. The maximum atomic E-state index is 4.51. The van der Waals surface area contributed by atoms with Gasteiger partial charge in [0.2, 0.25) is 0 Å². The molecule has 0 saturated heterocycles. The van der Waals surface area contributed by atoms with Gasteiger partial charge in [-0.15, -0.1) is 0 Å². The molecule has 5 nitrogen and oxygen atoms in total. The predicted molar refractivity (Wildman–Crippen MR) is 87.5 cm³/mol. The fourth-order valence-corrected chi connectivity index (χ4v) is 2.27. The summed E-state index contributed by atoms with van der Waals surface area (Å²) < 4.78 is 0. The zero-order chi connectivity index (χ0) is 15.2. The second-order valence-electron chi connectivity index (χ2n) is 5.06. The van der Waals surface area contributed by atoms with E-state index in [1.807, 2.05) is 32.4 Å². The molecular weight excluding hydrogens is 262 g/mol. The van der Waals surface area contributed by atoms with Crippen LogP contribution >= 0.6 is 0 Å². The van der Waals surface area contributed by atoms with E-state index in [0.717, 1.165) is 36.8 Å². The van der Waals surface area contributed by atoms with E-state index in [9.17, 15) is 0 Å². The lowest BCUT2D eigenvalue weighted by atomic mass is 9.99. The van der Waals surface area contributed by atoms with Crippen LogP contribution in [0.5, 0.6) is 0 Å². The number of aromatic nitrogens is 2. The van der Waals surface area contributed by atoms with Crippen LogP contribution in [0.15, 0.2) is 42.6 Å². The first kappa shape index (κ1) is 15.1. The van der Waals surface area contributed by atoms with Gasteiger partial charge < -0.3 is 15.5 Å². The van der Waals surface area contributed by atoms with E-state index in [4.69, 9.17) is 0 Å². The molecule has 5 heteroatoms. The van der Waals surface area contributed by atoms with E-state index >= 15 is 0 Å². The minimum absolute atomic E-state index is 0.781. The lowest BCUT2D eigenvalue weighted by Gasteiger charge is -2.32. The molecule has 1 aromatic heterocycles. The Bertz CT molecular complexity index is 557. The van der Waals surface area contributed by atoms with Gasteiger partial charge in [0.1, 0.15) is 5.82 Å². The summed E-state index contributed by atoms with van der Waals surface area (Å²) in [6.07, 6.45) is 8.47. The molecule has 0 atom stereocenters. The molecule has 1 aromatic rings. The van der Waals surface area contributed by atoms with Crippen LogP contribution in [0.2, 0.25) is 0 Å². The third-order valence-electron chi connectivity index (χ3n) is 3.64. The molecule has 0 aromatic carbocycles. The van der Waals surface area contributed by atoms with Gasteiger partial charge in [0.05, 0.1) is 23.9 Å². The van der Waals surface area contributed by atoms with Gasteiger partial charge in [0, 0.05) is 20.1 Å². The summed E-state index contributed by atoms with van der Waals surface area (Å²) in [4.78, 5) is 11.1. The van der Waals surface area contributed by atoms with Crippen molar-refractivity contribution in [2.24, 2.45) is 0 Å². The average Bonchev–Trinajstić information content (AvgIpc) is 2.53. The molecular formula is C16H23N5. The number of nitrogens with one attached hydrogen (secondary N) is 2. The van der Waals surface area contributed by atoms with E-state index in [1.54, 1.807) is 6.20 Å². The maximum absolute atomic E-state index is 4.51. The van der Waals surface area contributed by atoms with Crippen LogP contribution in [-0.4, -0.2) is 35.0 Å². The van der Waals surface area contributed by atoms with Gasteiger partial charge in [0.25, 0.3) is 0 Å². The van der Waals surface area contributed by atoms with E-state index in [-0.39, 0.29) is 0 Å². The normalized spacial score (nSPS) is 15.5. The van der Waals surface area contributed by atoms with Crippen LogP contribution in [0, 0.1) is 0 Å². The van der Waals surface area contributed by atoms with Crippen molar-refractivity contribution in [2.75, 3.05) is 25.5 Å². The zero-order valence-electron chi connectivity index (χ0n) is 13.0. The van der Waals surface area contributed by atoms with Crippen molar-refractivity contribution in [1.29, 1.82) is 0 Å². The Morgan fingerprint density at radius 3 is 2.81 bits per heavy atom. The smallest absolute Gasteiger partial charge is 0.144 e. The fraction of sp³-hybridized carbons (Fsp3) is 0.375. The molecule has 2 N–H and O–H groups in total. The maximum Gasteiger partial charge on any atom is 0.144 e. The van der Waals surface area contributed by atoms with Gasteiger partial charge in [-0.25, -0.2) is 4.98 Å². The number of allylic oxidation sites excluding steroid dienone is 1. The molecule has 112 valence electrons. The summed E-state index contributed by atoms with van der Waals surface area (Å²) in [5.41, 5.74) is 3.55. The Morgan fingerprint density at radius 2 is 2.19 bits per heavy atom.